The van der Waals surface area contributed by atoms with Crippen LogP contribution >= 0.6 is 0 Å². The normalized spacial score (nSPS) is 22.2. The summed E-state index contributed by atoms with van der Waals surface area (Å²) in [7, 11) is 0. The summed E-state index contributed by atoms with van der Waals surface area (Å²) in [6, 6.07) is 8.71. The van der Waals surface area contributed by atoms with Gasteiger partial charge in [-0.15, -0.1) is 0 Å². The Balaban J connectivity index is 1.79. The third-order valence-corrected chi connectivity index (χ3v) is 3.43. The third kappa shape index (κ3) is 3.32. The van der Waals surface area contributed by atoms with Gasteiger partial charge in [0, 0.05) is 13.0 Å². The van der Waals surface area contributed by atoms with Crippen molar-refractivity contribution in [2.75, 3.05) is 6.54 Å². The van der Waals surface area contributed by atoms with Crippen LogP contribution in [0.2, 0.25) is 0 Å². The fraction of sp³-hybridized carbons (Fsp3) is 0.533. The van der Waals surface area contributed by atoms with E-state index in [4.69, 9.17) is 0 Å². The maximum absolute atomic E-state index is 11.4. The van der Waals surface area contributed by atoms with Gasteiger partial charge in [-0.2, -0.15) is 0 Å². The van der Waals surface area contributed by atoms with Gasteiger partial charge in [-0.1, -0.05) is 36.8 Å². The van der Waals surface area contributed by atoms with E-state index in [1.807, 2.05) is 6.92 Å². The van der Waals surface area contributed by atoms with Crippen molar-refractivity contribution in [3.8, 4) is 0 Å². The van der Waals surface area contributed by atoms with Gasteiger partial charge in [0.05, 0.1) is 0 Å². The molecule has 1 aromatic rings. The summed E-state index contributed by atoms with van der Waals surface area (Å²) in [6.07, 6.45) is 2.80. The molecule has 2 rings (SSSR count). The Labute approximate surface area is 103 Å². The minimum atomic E-state index is 0.197. The highest BCUT2D eigenvalue weighted by Gasteiger charge is 2.38. The molecule has 1 saturated carbocycles. The first kappa shape index (κ1) is 12.2. The second-order valence-corrected chi connectivity index (χ2v) is 5.07. The molecule has 1 aliphatic rings. The molecule has 0 radical (unpaired) electrons. The smallest absolute Gasteiger partial charge is 0.219 e. The lowest BCUT2D eigenvalue weighted by Crippen LogP contribution is -2.25. The van der Waals surface area contributed by atoms with Crippen molar-refractivity contribution in [2.24, 2.45) is 5.92 Å². The summed E-state index contributed by atoms with van der Waals surface area (Å²) in [6.45, 7) is 5.01. The van der Waals surface area contributed by atoms with E-state index in [-0.39, 0.29) is 5.91 Å². The lowest BCUT2D eigenvalue weighted by Gasteiger charge is -2.04. The van der Waals surface area contributed by atoms with Crippen LogP contribution in [0.15, 0.2) is 24.3 Å². The predicted octanol–water partition coefficient (Wildman–Crippen LogP) is 3.01. The lowest BCUT2D eigenvalue weighted by atomic mass is 10.1. The second-order valence-electron chi connectivity index (χ2n) is 5.07. The number of carbonyl (C=O) groups is 1. The first-order valence-corrected chi connectivity index (χ1v) is 6.54. The molecule has 1 fully saturated rings. The Bertz CT molecular complexity index is 400. The monoisotopic (exact) mass is 231 g/mol. The van der Waals surface area contributed by atoms with Crippen LogP contribution in [0.4, 0.5) is 0 Å². The molecule has 1 aromatic carbocycles. The molecule has 2 nitrogen and oxygen atoms in total. The van der Waals surface area contributed by atoms with E-state index < -0.39 is 0 Å². The number of aryl methyl sites for hydroxylation is 1. The predicted molar refractivity (Wildman–Crippen MR) is 69.9 cm³/mol. The van der Waals surface area contributed by atoms with Gasteiger partial charge in [0.2, 0.25) is 5.91 Å². The highest BCUT2D eigenvalue weighted by atomic mass is 16.1. The minimum Gasteiger partial charge on any atom is -0.356 e. The number of nitrogens with one attached hydrogen (secondary N) is 1. The quantitative estimate of drug-likeness (QED) is 0.829. The Morgan fingerprint density at radius 2 is 2.29 bits per heavy atom. The molecule has 0 saturated heterocycles. The van der Waals surface area contributed by atoms with Crippen molar-refractivity contribution < 1.29 is 4.79 Å². The van der Waals surface area contributed by atoms with Crippen LogP contribution in [0.25, 0.3) is 0 Å². The number of rotatable bonds is 5. The van der Waals surface area contributed by atoms with Crippen LogP contribution < -0.4 is 5.32 Å². The molecule has 0 unspecified atom stereocenters. The standard InChI is InChI=1S/C15H21NO/c1-3-5-15(17)16-10-13-9-14(13)12-7-4-6-11(2)8-12/h4,6-8,13-14H,3,5,9-10H2,1-2H3,(H,16,17)/t13-,14-/m0/s1. The topological polar surface area (TPSA) is 29.1 Å². The van der Waals surface area contributed by atoms with Crippen molar-refractivity contribution >= 4 is 5.91 Å². The van der Waals surface area contributed by atoms with Gasteiger partial charge in [-0.25, -0.2) is 0 Å². The van der Waals surface area contributed by atoms with Crippen LogP contribution in [-0.2, 0) is 4.79 Å². The number of hydrogen-bond donors (Lipinski definition) is 1. The molecule has 0 heterocycles. The van der Waals surface area contributed by atoms with E-state index in [1.54, 1.807) is 0 Å². The van der Waals surface area contributed by atoms with Crippen LogP contribution in [0.5, 0.6) is 0 Å². The fourth-order valence-electron chi connectivity index (χ4n) is 2.34. The van der Waals surface area contributed by atoms with Gasteiger partial charge in [-0.3, -0.25) is 4.79 Å². The molecule has 1 aliphatic carbocycles. The Hall–Kier alpha value is -1.31. The molecular formula is C15H21NO. The van der Waals surface area contributed by atoms with Crippen LogP contribution in [-0.4, -0.2) is 12.5 Å². The molecular weight excluding hydrogens is 210 g/mol. The van der Waals surface area contributed by atoms with E-state index in [0.717, 1.165) is 13.0 Å². The largest absolute Gasteiger partial charge is 0.356 e. The fourth-order valence-corrected chi connectivity index (χ4v) is 2.34. The summed E-state index contributed by atoms with van der Waals surface area (Å²) >= 11 is 0. The molecule has 1 N–H and O–H groups in total. The summed E-state index contributed by atoms with van der Waals surface area (Å²) in [5, 5.41) is 3.02. The van der Waals surface area contributed by atoms with Crippen LogP contribution in [0.3, 0.4) is 0 Å². The van der Waals surface area contributed by atoms with E-state index in [1.165, 1.54) is 17.5 Å². The first-order chi connectivity index (χ1) is 8.20. The summed E-state index contributed by atoms with van der Waals surface area (Å²) in [5.41, 5.74) is 2.75. The van der Waals surface area contributed by atoms with Gasteiger partial charge in [0.1, 0.15) is 0 Å². The Kier molecular flexibility index (Phi) is 3.82. The van der Waals surface area contributed by atoms with E-state index in [2.05, 4.69) is 36.5 Å². The summed E-state index contributed by atoms with van der Waals surface area (Å²) < 4.78 is 0. The van der Waals surface area contributed by atoms with Gasteiger partial charge in [-0.05, 0) is 37.2 Å². The number of benzene rings is 1. The summed E-state index contributed by atoms with van der Waals surface area (Å²) in [5.74, 6) is 1.51. The number of carbonyl (C=O) groups excluding carboxylic acids is 1. The van der Waals surface area contributed by atoms with Gasteiger partial charge >= 0.3 is 0 Å². The van der Waals surface area contributed by atoms with Crippen molar-refractivity contribution in [3.05, 3.63) is 35.4 Å². The van der Waals surface area contributed by atoms with Crippen LogP contribution in [0.1, 0.15) is 43.2 Å². The molecule has 2 heteroatoms. The molecule has 92 valence electrons. The maximum Gasteiger partial charge on any atom is 0.219 e. The minimum absolute atomic E-state index is 0.197. The zero-order valence-electron chi connectivity index (χ0n) is 10.7. The molecule has 0 aromatic heterocycles. The Morgan fingerprint density at radius 1 is 1.47 bits per heavy atom. The van der Waals surface area contributed by atoms with Crippen molar-refractivity contribution in [1.82, 2.24) is 5.32 Å². The van der Waals surface area contributed by atoms with Gasteiger partial charge in [0.25, 0.3) is 0 Å². The maximum atomic E-state index is 11.4. The van der Waals surface area contributed by atoms with E-state index >= 15 is 0 Å². The van der Waals surface area contributed by atoms with E-state index in [9.17, 15) is 4.79 Å². The van der Waals surface area contributed by atoms with Crippen molar-refractivity contribution in [1.29, 1.82) is 0 Å². The lowest BCUT2D eigenvalue weighted by molar-refractivity contribution is -0.121. The Morgan fingerprint density at radius 3 is 3.00 bits per heavy atom. The average Bonchev–Trinajstić information content (AvgIpc) is 3.06. The molecule has 0 aliphatic heterocycles. The van der Waals surface area contributed by atoms with Gasteiger partial charge < -0.3 is 5.32 Å². The molecule has 0 spiro atoms. The highest BCUT2D eigenvalue weighted by Crippen LogP contribution is 2.47. The zero-order valence-corrected chi connectivity index (χ0v) is 10.7. The van der Waals surface area contributed by atoms with Crippen LogP contribution in [0, 0.1) is 12.8 Å². The average molecular weight is 231 g/mol. The van der Waals surface area contributed by atoms with Crippen molar-refractivity contribution in [2.45, 2.75) is 39.0 Å². The van der Waals surface area contributed by atoms with E-state index in [0.29, 0.717) is 18.3 Å². The third-order valence-electron chi connectivity index (χ3n) is 3.43. The number of hydrogen-bond acceptors (Lipinski definition) is 1. The summed E-state index contributed by atoms with van der Waals surface area (Å²) in [4.78, 5) is 11.4. The number of amides is 1. The molecule has 17 heavy (non-hydrogen) atoms. The SMILES string of the molecule is CCCC(=O)NC[C@@H]1C[C@H]1c1cccc(C)c1. The van der Waals surface area contributed by atoms with Gasteiger partial charge in [0.15, 0.2) is 0 Å². The molecule has 1 amide bonds. The molecule has 0 bridgehead atoms. The van der Waals surface area contributed by atoms with Crippen molar-refractivity contribution in [3.63, 3.8) is 0 Å². The highest BCUT2D eigenvalue weighted by molar-refractivity contribution is 5.75. The first-order valence-electron chi connectivity index (χ1n) is 6.54. The second kappa shape index (κ2) is 5.35. The zero-order chi connectivity index (χ0) is 12.3. The molecule has 2 atom stereocenters.